The van der Waals surface area contributed by atoms with E-state index in [1.54, 1.807) is 55.6 Å². The Balaban J connectivity index is 1.43. The second kappa shape index (κ2) is 8.05. The molecule has 0 aliphatic heterocycles. The van der Waals surface area contributed by atoms with Gasteiger partial charge in [0.1, 0.15) is 11.5 Å². The Bertz CT molecular complexity index is 1000. The van der Waals surface area contributed by atoms with Gasteiger partial charge in [0.15, 0.2) is 11.6 Å². The highest BCUT2D eigenvalue weighted by atomic mass is 19.3. The first kappa shape index (κ1) is 20.3. The van der Waals surface area contributed by atoms with Crippen LogP contribution in [-0.2, 0) is 11.8 Å². The predicted molar refractivity (Wildman–Crippen MR) is 110 cm³/mol. The number of ether oxygens (including phenoxy) is 2. The molecule has 1 unspecified atom stereocenters. The van der Waals surface area contributed by atoms with Crippen LogP contribution in [0.4, 0.5) is 13.2 Å². The molecule has 3 aromatic carbocycles. The van der Waals surface area contributed by atoms with Crippen molar-refractivity contribution in [2.75, 3.05) is 7.11 Å². The number of para-hydroxylation sites is 1. The van der Waals surface area contributed by atoms with E-state index in [0.29, 0.717) is 36.3 Å². The average molecular weight is 412 g/mol. The first-order chi connectivity index (χ1) is 14.4. The predicted octanol–water partition coefficient (Wildman–Crippen LogP) is 6.93. The van der Waals surface area contributed by atoms with Gasteiger partial charge in [0.25, 0.3) is 5.92 Å². The van der Waals surface area contributed by atoms with Crippen molar-refractivity contribution in [3.63, 3.8) is 0 Å². The van der Waals surface area contributed by atoms with E-state index in [2.05, 4.69) is 0 Å². The third-order valence-electron chi connectivity index (χ3n) is 5.78. The summed E-state index contributed by atoms with van der Waals surface area (Å²) in [6.45, 7) is 0. The molecular formula is C25H23F3O2. The molecular weight excluding hydrogens is 389 g/mol. The highest BCUT2D eigenvalue weighted by Gasteiger charge is 2.70. The lowest BCUT2D eigenvalue weighted by Crippen LogP contribution is -2.17. The van der Waals surface area contributed by atoms with Crippen LogP contribution in [-0.4, -0.2) is 13.0 Å². The molecule has 1 aliphatic carbocycles. The van der Waals surface area contributed by atoms with Crippen molar-refractivity contribution >= 4 is 0 Å². The fraction of sp³-hybridized carbons (Fsp3) is 0.280. The van der Waals surface area contributed by atoms with Gasteiger partial charge >= 0.3 is 0 Å². The number of hydrogen-bond donors (Lipinski definition) is 0. The Morgan fingerprint density at radius 2 is 1.60 bits per heavy atom. The third kappa shape index (κ3) is 4.02. The Morgan fingerprint density at radius 1 is 0.900 bits per heavy atom. The maximum Gasteiger partial charge on any atom is 0.258 e. The molecule has 0 radical (unpaired) electrons. The van der Waals surface area contributed by atoms with Gasteiger partial charge in [-0.15, -0.1) is 0 Å². The van der Waals surface area contributed by atoms with Crippen molar-refractivity contribution in [2.45, 2.75) is 37.0 Å². The van der Waals surface area contributed by atoms with Crippen molar-refractivity contribution in [3.8, 4) is 17.2 Å². The lowest BCUT2D eigenvalue weighted by Gasteiger charge is -2.17. The van der Waals surface area contributed by atoms with E-state index in [1.807, 2.05) is 18.2 Å². The monoisotopic (exact) mass is 412 g/mol. The summed E-state index contributed by atoms with van der Waals surface area (Å²) in [6, 6.07) is 20.6. The Morgan fingerprint density at radius 3 is 2.23 bits per heavy atom. The maximum absolute atomic E-state index is 14.3. The molecule has 0 amide bonds. The summed E-state index contributed by atoms with van der Waals surface area (Å²) in [7, 11) is 1.55. The van der Waals surface area contributed by atoms with Crippen LogP contribution in [0, 0.1) is 5.82 Å². The lowest BCUT2D eigenvalue weighted by atomic mass is 9.88. The average Bonchev–Trinajstić information content (AvgIpc) is 3.33. The van der Waals surface area contributed by atoms with Crippen molar-refractivity contribution in [2.24, 2.45) is 0 Å². The highest BCUT2D eigenvalue weighted by Crippen LogP contribution is 2.64. The highest BCUT2D eigenvalue weighted by molar-refractivity contribution is 5.41. The van der Waals surface area contributed by atoms with E-state index in [4.69, 9.17) is 9.47 Å². The molecule has 0 bridgehead atoms. The van der Waals surface area contributed by atoms with Crippen LogP contribution < -0.4 is 9.47 Å². The van der Waals surface area contributed by atoms with Gasteiger partial charge in [0.05, 0.1) is 12.5 Å². The number of benzene rings is 3. The van der Waals surface area contributed by atoms with Crippen LogP contribution in [0.1, 0.15) is 30.4 Å². The number of aryl methyl sites for hydroxylation is 1. The van der Waals surface area contributed by atoms with Gasteiger partial charge in [0, 0.05) is 6.42 Å². The topological polar surface area (TPSA) is 18.5 Å². The van der Waals surface area contributed by atoms with Gasteiger partial charge in [0.2, 0.25) is 0 Å². The summed E-state index contributed by atoms with van der Waals surface area (Å²) in [6.07, 6.45) is 1.36. The van der Waals surface area contributed by atoms with Crippen molar-refractivity contribution in [1.82, 2.24) is 0 Å². The van der Waals surface area contributed by atoms with Gasteiger partial charge in [-0.3, -0.25) is 0 Å². The Labute approximate surface area is 174 Å². The molecule has 0 spiro atoms. The first-order valence-corrected chi connectivity index (χ1v) is 9.97. The Kier molecular flexibility index (Phi) is 5.46. The van der Waals surface area contributed by atoms with Crippen LogP contribution in [0.5, 0.6) is 17.2 Å². The van der Waals surface area contributed by atoms with E-state index in [1.165, 1.54) is 6.07 Å². The first-order valence-electron chi connectivity index (χ1n) is 9.97. The zero-order valence-electron chi connectivity index (χ0n) is 16.7. The number of rotatable bonds is 8. The summed E-state index contributed by atoms with van der Waals surface area (Å²) in [5.41, 5.74) is 0.375. The fourth-order valence-corrected chi connectivity index (χ4v) is 3.96. The molecule has 3 aromatic rings. The zero-order chi connectivity index (χ0) is 21.2. The summed E-state index contributed by atoms with van der Waals surface area (Å²) in [5.74, 6) is -1.82. The SMILES string of the molecule is COc1ccc(C2(CCCc3ccc(F)c(Oc4ccccc4)c3)CC2(F)F)cc1. The molecule has 156 valence electrons. The number of hydrogen-bond acceptors (Lipinski definition) is 2. The van der Waals surface area contributed by atoms with Gasteiger partial charge in [-0.05, 0) is 66.8 Å². The number of methoxy groups -OCH3 is 1. The van der Waals surface area contributed by atoms with E-state index >= 15 is 0 Å². The third-order valence-corrected chi connectivity index (χ3v) is 5.78. The van der Waals surface area contributed by atoms with Crippen LogP contribution in [0.2, 0.25) is 0 Å². The minimum atomic E-state index is -2.70. The minimum Gasteiger partial charge on any atom is -0.497 e. The van der Waals surface area contributed by atoms with Crippen molar-refractivity contribution in [1.29, 1.82) is 0 Å². The fourth-order valence-electron chi connectivity index (χ4n) is 3.96. The molecule has 2 nitrogen and oxygen atoms in total. The van der Waals surface area contributed by atoms with Gasteiger partial charge in [-0.1, -0.05) is 36.4 Å². The van der Waals surface area contributed by atoms with Gasteiger partial charge in [-0.2, -0.15) is 0 Å². The summed E-state index contributed by atoms with van der Waals surface area (Å²) >= 11 is 0. The van der Waals surface area contributed by atoms with Crippen molar-refractivity contribution < 1.29 is 22.6 Å². The summed E-state index contributed by atoms with van der Waals surface area (Å²) in [4.78, 5) is 0. The second-order valence-corrected chi connectivity index (χ2v) is 7.73. The largest absolute Gasteiger partial charge is 0.497 e. The molecule has 0 heterocycles. The van der Waals surface area contributed by atoms with Crippen LogP contribution in [0.3, 0.4) is 0 Å². The molecule has 5 heteroatoms. The number of alkyl halides is 2. The number of halogens is 3. The van der Waals surface area contributed by atoms with Gasteiger partial charge < -0.3 is 9.47 Å². The smallest absolute Gasteiger partial charge is 0.258 e. The molecule has 0 aromatic heterocycles. The molecule has 1 aliphatic rings. The summed E-state index contributed by atoms with van der Waals surface area (Å²) < 4.78 is 53.5. The van der Waals surface area contributed by atoms with E-state index < -0.39 is 17.2 Å². The molecule has 30 heavy (non-hydrogen) atoms. The molecule has 0 saturated heterocycles. The van der Waals surface area contributed by atoms with Crippen molar-refractivity contribution in [3.05, 3.63) is 89.7 Å². The quantitative estimate of drug-likeness (QED) is 0.400. The minimum absolute atomic E-state index is 0.139. The molecule has 0 N–H and O–H groups in total. The lowest BCUT2D eigenvalue weighted by molar-refractivity contribution is 0.0846. The normalized spacial score (nSPS) is 19.3. The molecule has 4 rings (SSSR count). The van der Waals surface area contributed by atoms with E-state index in [-0.39, 0.29) is 12.2 Å². The molecule has 1 atom stereocenters. The van der Waals surface area contributed by atoms with Crippen LogP contribution >= 0.6 is 0 Å². The van der Waals surface area contributed by atoms with E-state index in [0.717, 1.165) is 5.56 Å². The zero-order valence-corrected chi connectivity index (χ0v) is 16.7. The summed E-state index contributed by atoms with van der Waals surface area (Å²) in [5, 5.41) is 0. The van der Waals surface area contributed by atoms with Crippen LogP contribution in [0.25, 0.3) is 0 Å². The molecule has 1 fully saturated rings. The molecule has 1 saturated carbocycles. The standard InChI is InChI=1S/C25H23F3O2/c1-29-20-12-10-19(11-13-20)24(17-25(24,27)28)15-5-6-18-9-14-22(26)23(16-18)30-21-7-3-2-4-8-21/h2-4,7-14,16H,5-6,15,17H2,1H3. The van der Waals surface area contributed by atoms with E-state index in [9.17, 15) is 13.2 Å². The maximum atomic E-state index is 14.3. The Hall–Kier alpha value is -2.95. The second-order valence-electron chi connectivity index (χ2n) is 7.73. The van der Waals surface area contributed by atoms with Crippen LogP contribution in [0.15, 0.2) is 72.8 Å². The van der Waals surface area contributed by atoms with Gasteiger partial charge in [-0.25, -0.2) is 13.2 Å².